The molecule has 2 heterocycles. The number of carbonyl (C=O) groups is 1. The van der Waals surface area contributed by atoms with E-state index in [1.54, 1.807) is 6.20 Å². The molecule has 0 unspecified atom stereocenters. The molecule has 1 aromatic rings. The van der Waals surface area contributed by atoms with Crippen molar-refractivity contribution in [3.8, 4) is 0 Å². The van der Waals surface area contributed by atoms with E-state index in [4.69, 9.17) is 0 Å². The molecule has 1 aromatic heterocycles. The molecule has 1 aliphatic rings. The van der Waals surface area contributed by atoms with Gasteiger partial charge in [-0.15, -0.1) is 0 Å². The van der Waals surface area contributed by atoms with Gasteiger partial charge in [0.15, 0.2) is 0 Å². The van der Waals surface area contributed by atoms with Crippen LogP contribution >= 0.6 is 31.9 Å². The van der Waals surface area contributed by atoms with E-state index >= 15 is 0 Å². The number of likely N-dealkylation sites (tertiary alicyclic amines) is 1. The zero-order valence-electron chi connectivity index (χ0n) is 9.25. The van der Waals surface area contributed by atoms with E-state index < -0.39 is 0 Å². The van der Waals surface area contributed by atoms with Gasteiger partial charge in [-0.1, -0.05) is 0 Å². The van der Waals surface area contributed by atoms with Crippen molar-refractivity contribution in [2.24, 2.45) is 0 Å². The standard InChI is InChI=1S/C11H13Br2N3O/c12-8-5-9(13)11(14-6-8)15-7-10(17)16-3-1-2-4-16/h5-6H,1-4,7H2,(H,14,15). The molecule has 1 N–H and O–H groups in total. The number of hydrogen-bond acceptors (Lipinski definition) is 3. The predicted octanol–water partition coefficient (Wildman–Crippen LogP) is 2.64. The van der Waals surface area contributed by atoms with E-state index in [9.17, 15) is 4.79 Å². The summed E-state index contributed by atoms with van der Waals surface area (Å²) in [6.07, 6.45) is 3.94. The molecular formula is C11H13Br2N3O. The fraction of sp³-hybridized carbons (Fsp3) is 0.455. The van der Waals surface area contributed by atoms with Crippen LogP contribution < -0.4 is 5.32 Å². The molecule has 4 nitrogen and oxygen atoms in total. The van der Waals surface area contributed by atoms with Crippen LogP contribution in [-0.2, 0) is 4.79 Å². The second kappa shape index (κ2) is 5.82. The lowest BCUT2D eigenvalue weighted by molar-refractivity contribution is -0.128. The van der Waals surface area contributed by atoms with Gasteiger partial charge in [-0.25, -0.2) is 4.98 Å². The van der Waals surface area contributed by atoms with Gasteiger partial charge < -0.3 is 10.2 Å². The predicted molar refractivity (Wildman–Crippen MR) is 73.9 cm³/mol. The lowest BCUT2D eigenvalue weighted by Gasteiger charge is -2.16. The molecule has 2 rings (SSSR count). The van der Waals surface area contributed by atoms with Gasteiger partial charge in [-0.2, -0.15) is 0 Å². The fourth-order valence-electron chi connectivity index (χ4n) is 1.78. The molecular weight excluding hydrogens is 350 g/mol. The Balaban J connectivity index is 1.90. The molecule has 1 amide bonds. The number of amides is 1. The molecule has 0 aliphatic carbocycles. The molecule has 0 atom stereocenters. The van der Waals surface area contributed by atoms with Crippen molar-refractivity contribution >= 4 is 43.6 Å². The molecule has 6 heteroatoms. The SMILES string of the molecule is O=C(CNc1ncc(Br)cc1Br)N1CCCC1. The Morgan fingerprint density at radius 2 is 2.12 bits per heavy atom. The molecule has 0 radical (unpaired) electrons. The molecule has 0 spiro atoms. The minimum Gasteiger partial charge on any atom is -0.360 e. The summed E-state index contributed by atoms with van der Waals surface area (Å²) in [6, 6.07) is 1.90. The molecule has 1 aliphatic heterocycles. The summed E-state index contributed by atoms with van der Waals surface area (Å²) < 4.78 is 1.75. The lowest BCUT2D eigenvalue weighted by Crippen LogP contribution is -2.33. The number of anilines is 1. The van der Waals surface area contributed by atoms with Gasteiger partial charge >= 0.3 is 0 Å². The highest BCUT2D eigenvalue weighted by atomic mass is 79.9. The third-order valence-corrected chi connectivity index (χ3v) is 3.71. The van der Waals surface area contributed by atoms with Crippen molar-refractivity contribution in [1.82, 2.24) is 9.88 Å². The summed E-state index contributed by atoms with van der Waals surface area (Å²) in [5, 5.41) is 3.05. The number of rotatable bonds is 3. The molecule has 1 saturated heterocycles. The van der Waals surface area contributed by atoms with Crippen LogP contribution in [0.25, 0.3) is 0 Å². The quantitative estimate of drug-likeness (QED) is 0.898. The number of carbonyl (C=O) groups excluding carboxylic acids is 1. The Labute approximate surface area is 117 Å². The van der Waals surface area contributed by atoms with Crippen molar-refractivity contribution in [3.63, 3.8) is 0 Å². The average molecular weight is 363 g/mol. The molecule has 17 heavy (non-hydrogen) atoms. The Morgan fingerprint density at radius 1 is 1.41 bits per heavy atom. The van der Waals surface area contributed by atoms with Crippen LogP contribution in [-0.4, -0.2) is 35.4 Å². The van der Waals surface area contributed by atoms with Gasteiger partial charge in [-0.3, -0.25) is 4.79 Å². The second-order valence-corrected chi connectivity index (χ2v) is 5.70. The monoisotopic (exact) mass is 361 g/mol. The maximum absolute atomic E-state index is 11.8. The number of hydrogen-bond donors (Lipinski definition) is 1. The highest BCUT2D eigenvalue weighted by Crippen LogP contribution is 2.23. The summed E-state index contributed by atoms with van der Waals surface area (Å²) >= 11 is 6.74. The minimum atomic E-state index is 0.138. The third-order valence-electron chi connectivity index (χ3n) is 2.67. The maximum atomic E-state index is 11.8. The van der Waals surface area contributed by atoms with Gasteiger partial charge in [-0.05, 0) is 50.8 Å². The van der Waals surface area contributed by atoms with Crippen LogP contribution in [0.15, 0.2) is 21.2 Å². The van der Waals surface area contributed by atoms with Gasteiger partial charge in [0.05, 0.1) is 11.0 Å². The van der Waals surface area contributed by atoms with Crippen molar-refractivity contribution in [3.05, 3.63) is 21.2 Å². The first kappa shape index (κ1) is 12.8. The first-order valence-corrected chi connectivity index (χ1v) is 7.08. The fourth-order valence-corrected chi connectivity index (χ4v) is 2.91. The lowest BCUT2D eigenvalue weighted by atomic mass is 10.4. The van der Waals surface area contributed by atoms with E-state index in [0.717, 1.165) is 34.9 Å². The zero-order chi connectivity index (χ0) is 12.3. The van der Waals surface area contributed by atoms with Crippen molar-refractivity contribution in [2.45, 2.75) is 12.8 Å². The van der Waals surface area contributed by atoms with Crippen LogP contribution in [0.4, 0.5) is 5.82 Å². The Hall–Kier alpha value is -0.620. The summed E-state index contributed by atoms with van der Waals surface area (Å²) in [4.78, 5) is 17.9. The van der Waals surface area contributed by atoms with Gasteiger partial charge in [0.2, 0.25) is 5.91 Å². The Bertz CT molecular complexity index is 419. The van der Waals surface area contributed by atoms with Crippen molar-refractivity contribution in [2.75, 3.05) is 25.0 Å². The second-order valence-electron chi connectivity index (χ2n) is 3.93. The topological polar surface area (TPSA) is 45.2 Å². The van der Waals surface area contributed by atoms with Crippen LogP contribution in [0.1, 0.15) is 12.8 Å². The highest BCUT2D eigenvalue weighted by Gasteiger charge is 2.17. The summed E-state index contributed by atoms with van der Waals surface area (Å²) in [5.41, 5.74) is 0. The number of pyridine rings is 1. The van der Waals surface area contributed by atoms with Crippen LogP contribution in [0.2, 0.25) is 0 Å². The first-order chi connectivity index (χ1) is 8.16. The normalized spacial score (nSPS) is 15.1. The molecule has 0 aromatic carbocycles. The van der Waals surface area contributed by atoms with Gasteiger partial charge in [0, 0.05) is 23.8 Å². The van der Waals surface area contributed by atoms with E-state index in [0.29, 0.717) is 12.4 Å². The van der Waals surface area contributed by atoms with Crippen molar-refractivity contribution < 1.29 is 4.79 Å². The molecule has 0 bridgehead atoms. The number of aromatic nitrogens is 1. The van der Waals surface area contributed by atoms with Crippen molar-refractivity contribution in [1.29, 1.82) is 0 Å². The van der Waals surface area contributed by atoms with E-state index in [2.05, 4.69) is 42.2 Å². The van der Waals surface area contributed by atoms with E-state index in [-0.39, 0.29) is 5.91 Å². The Kier molecular flexibility index (Phi) is 4.39. The summed E-state index contributed by atoms with van der Waals surface area (Å²) in [6.45, 7) is 2.07. The van der Waals surface area contributed by atoms with E-state index in [1.807, 2.05) is 11.0 Å². The number of nitrogens with zero attached hydrogens (tertiary/aromatic N) is 2. The molecule has 92 valence electrons. The summed E-state index contributed by atoms with van der Waals surface area (Å²) in [7, 11) is 0. The van der Waals surface area contributed by atoms with Crippen LogP contribution in [0, 0.1) is 0 Å². The largest absolute Gasteiger partial charge is 0.360 e. The van der Waals surface area contributed by atoms with Crippen LogP contribution in [0.5, 0.6) is 0 Å². The zero-order valence-corrected chi connectivity index (χ0v) is 12.4. The number of halogens is 2. The molecule has 1 fully saturated rings. The minimum absolute atomic E-state index is 0.138. The number of nitrogens with one attached hydrogen (secondary N) is 1. The molecule has 0 saturated carbocycles. The van der Waals surface area contributed by atoms with Gasteiger partial charge in [0.1, 0.15) is 5.82 Å². The smallest absolute Gasteiger partial charge is 0.241 e. The third kappa shape index (κ3) is 3.42. The summed E-state index contributed by atoms with van der Waals surface area (Å²) in [5.74, 6) is 0.833. The Morgan fingerprint density at radius 3 is 2.76 bits per heavy atom. The van der Waals surface area contributed by atoms with Gasteiger partial charge in [0.25, 0.3) is 0 Å². The maximum Gasteiger partial charge on any atom is 0.241 e. The highest BCUT2D eigenvalue weighted by molar-refractivity contribution is 9.11. The van der Waals surface area contributed by atoms with E-state index in [1.165, 1.54) is 0 Å². The first-order valence-electron chi connectivity index (χ1n) is 5.49. The van der Waals surface area contributed by atoms with Crippen LogP contribution in [0.3, 0.4) is 0 Å². The average Bonchev–Trinajstić information content (AvgIpc) is 2.81.